The number of ether oxygens (including phenoxy) is 2. The zero-order chi connectivity index (χ0) is 32.0. The second kappa shape index (κ2) is 15.0. The van der Waals surface area contributed by atoms with Crippen molar-refractivity contribution < 1.29 is 18.7 Å². The average molecular weight is 613 g/mol. The Bertz CT molecular complexity index is 1230. The van der Waals surface area contributed by atoms with E-state index in [2.05, 4.69) is 45.8 Å². The van der Waals surface area contributed by atoms with Gasteiger partial charge in [0.25, 0.3) is 11.8 Å². The highest BCUT2D eigenvalue weighted by Crippen LogP contribution is 2.45. The van der Waals surface area contributed by atoms with E-state index in [0.717, 1.165) is 58.0 Å². The van der Waals surface area contributed by atoms with E-state index in [0.29, 0.717) is 17.8 Å². The number of hydrogen-bond donors (Lipinski definition) is 0. The van der Waals surface area contributed by atoms with Crippen LogP contribution in [0.15, 0.2) is 30.5 Å². The van der Waals surface area contributed by atoms with Gasteiger partial charge in [-0.25, -0.2) is 4.39 Å². The van der Waals surface area contributed by atoms with Gasteiger partial charge >= 0.3 is 0 Å². The van der Waals surface area contributed by atoms with Crippen LogP contribution in [-0.4, -0.2) is 109 Å². The second-order valence-corrected chi connectivity index (χ2v) is 13.7. The van der Waals surface area contributed by atoms with Crippen LogP contribution in [0.25, 0.3) is 0 Å². The van der Waals surface area contributed by atoms with E-state index in [1.165, 1.54) is 31.0 Å². The van der Waals surface area contributed by atoms with Gasteiger partial charge in [0.15, 0.2) is 0 Å². The molecule has 1 spiro atoms. The first-order valence-electron chi connectivity index (χ1n) is 16.2. The van der Waals surface area contributed by atoms with Gasteiger partial charge in [0, 0.05) is 63.4 Å². The maximum absolute atomic E-state index is 14.4. The molecule has 1 aromatic carbocycles. The number of aromatic nitrogens is 2. The molecule has 0 unspecified atom stereocenters. The molecule has 0 radical (unpaired) electrons. The summed E-state index contributed by atoms with van der Waals surface area (Å²) in [7, 11) is 3.92. The number of methoxy groups -OCH3 is 1. The van der Waals surface area contributed by atoms with Gasteiger partial charge in [-0.05, 0) is 90.7 Å². The Morgan fingerprint density at radius 1 is 1.07 bits per heavy atom. The average Bonchev–Trinajstić information content (AvgIpc) is 3.40. The Balaban J connectivity index is 1.43. The van der Waals surface area contributed by atoms with E-state index in [4.69, 9.17) is 9.47 Å². The van der Waals surface area contributed by atoms with Gasteiger partial charge in [0.2, 0.25) is 0 Å². The van der Waals surface area contributed by atoms with Crippen molar-refractivity contribution in [3.8, 4) is 11.6 Å². The first-order valence-corrected chi connectivity index (χ1v) is 16.2. The number of carbonyl (C=O) groups excluding carboxylic acids is 1. The SMILES string of the molecule is COCCN(C)CCC[C@H](C(C)C)N1CC2(CCN(c3ccnnc3Oc3ccc(F)cc3C(=O)N(C(C)C)C(C)C)C2)C1. The predicted octanol–water partition coefficient (Wildman–Crippen LogP) is 5.56. The van der Waals surface area contributed by atoms with E-state index < -0.39 is 5.82 Å². The fraction of sp³-hybridized carbons (Fsp3) is 0.676. The monoisotopic (exact) mass is 612 g/mol. The standard InChI is InChI=1S/C34H53FN6O3/c1-24(2)29(10-9-16-38(7)18-19-43-8)40-22-34(23-40)14-17-39(21-34)30-13-15-36-37-32(30)44-31-12-11-27(35)20-28(31)33(42)41(25(3)4)26(5)6/h11-13,15,20,24-26,29H,9-10,14,16-19,21-23H2,1-8H3/t29-/m1/s1. The van der Waals surface area contributed by atoms with Gasteiger partial charge in [0.05, 0.1) is 18.4 Å². The Labute approximate surface area is 263 Å². The van der Waals surface area contributed by atoms with E-state index in [1.807, 2.05) is 33.8 Å². The number of amides is 1. The van der Waals surface area contributed by atoms with Crippen molar-refractivity contribution in [1.29, 1.82) is 0 Å². The predicted molar refractivity (Wildman–Crippen MR) is 173 cm³/mol. The van der Waals surface area contributed by atoms with E-state index in [9.17, 15) is 9.18 Å². The minimum Gasteiger partial charge on any atom is -0.435 e. The number of anilines is 1. The maximum Gasteiger partial charge on any atom is 0.262 e. The molecule has 1 amide bonds. The van der Waals surface area contributed by atoms with Crippen molar-refractivity contribution in [2.45, 2.75) is 78.9 Å². The van der Waals surface area contributed by atoms with Crippen LogP contribution in [-0.2, 0) is 4.74 Å². The molecule has 244 valence electrons. The van der Waals surface area contributed by atoms with Crippen molar-refractivity contribution in [3.05, 3.63) is 41.8 Å². The number of benzene rings is 1. The summed E-state index contributed by atoms with van der Waals surface area (Å²) >= 11 is 0. The molecular formula is C34H53FN6O3. The zero-order valence-electron chi connectivity index (χ0n) is 28.1. The van der Waals surface area contributed by atoms with Gasteiger partial charge in [0.1, 0.15) is 17.3 Å². The second-order valence-electron chi connectivity index (χ2n) is 13.7. The molecule has 1 aromatic heterocycles. The van der Waals surface area contributed by atoms with Crippen LogP contribution in [0, 0.1) is 17.2 Å². The number of likely N-dealkylation sites (tertiary alicyclic amines) is 1. The lowest BCUT2D eigenvalue weighted by Crippen LogP contribution is -2.62. The van der Waals surface area contributed by atoms with Gasteiger partial charge < -0.3 is 24.2 Å². The maximum atomic E-state index is 14.4. The van der Waals surface area contributed by atoms with Crippen LogP contribution < -0.4 is 9.64 Å². The first-order chi connectivity index (χ1) is 20.9. The van der Waals surface area contributed by atoms with Gasteiger partial charge in [-0.15, -0.1) is 5.10 Å². The summed E-state index contributed by atoms with van der Waals surface area (Å²) in [4.78, 5) is 22.7. The molecule has 0 saturated carbocycles. The highest BCUT2D eigenvalue weighted by Gasteiger charge is 2.50. The molecular weight excluding hydrogens is 559 g/mol. The van der Waals surface area contributed by atoms with E-state index >= 15 is 0 Å². The first kappa shape index (κ1) is 34.1. The minimum absolute atomic E-state index is 0.0499. The molecule has 2 saturated heterocycles. The molecule has 0 aliphatic carbocycles. The summed E-state index contributed by atoms with van der Waals surface area (Å²) in [5.74, 6) is 0.460. The lowest BCUT2D eigenvalue weighted by atomic mass is 9.76. The molecule has 10 heteroatoms. The molecule has 0 N–H and O–H groups in total. The summed E-state index contributed by atoms with van der Waals surface area (Å²) in [5, 5.41) is 8.42. The van der Waals surface area contributed by atoms with Crippen molar-refractivity contribution >= 4 is 11.6 Å². The van der Waals surface area contributed by atoms with Crippen molar-refractivity contribution in [2.24, 2.45) is 11.3 Å². The highest BCUT2D eigenvalue weighted by molar-refractivity contribution is 5.97. The number of rotatable bonds is 15. The van der Waals surface area contributed by atoms with Gasteiger partial charge in [-0.2, -0.15) is 5.10 Å². The number of likely N-dealkylation sites (N-methyl/N-ethyl adjacent to an activating group) is 1. The van der Waals surface area contributed by atoms with Gasteiger partial charge in [-0.1, -0.05) is 13.8 Å². The largest absolute Gasteiger partial charge is 0.435 e. The summed E-state index contributed by atoms with van der Waals surface area (Å²) in [6.07, 6.45) is 5.16. The van der Waals surface area contributed by atoms with Crippen LogP contribution in [0.3, 0.4) is 0 Å². The summed E-state index contributed by atoms with van der Waals surface area (Å²) in [6, 6.07) is 6.48. The van der Waals surface area contributed by atoms with Crippen LogP contribution in [0.4, 0.5) is 10.1 Å². The quantitative estimate of drug-likeness (QED) is 0.259. The molecule has 3 heterocycles. The molecule has 2 aliphatic heterocycles. The molecule has 2 aliphatic rings. The van der Waals surface area contributed by atoms with Crippen molar-refractivity contribution in [3.63, 3.8) is 0 Å². The number of halogens is 1. The summed E-state index contributed by atoms with van der Waals surface area (Å²) in [5.41, 5.74) is 1.28. The van der Waals surface area contributed by atoms with E-state index in [1.54, 1.807) is 18.2 Å². The Morgan fingerprint density at radius 2 is 1.80 bits per heavy atom. The van der Waals surface area contributed by atoms with Gasteiger partial charge in [-0.3, -0.25) is 9.69 Å². The molecule has 0 bridgehead atoms. The normalized spacial score (nSPS) is 17.2. The molecule has 9 nitrogen and oxygen atoms in total. The third-order valence-electron chi connectivity index (χ3n) is 9.20. The molecule has 44 heavy (non-hydrogen) atoms. The molecule has 2 aromatic rings. The highest BCUT2D eigenvalue weighted by atomic mass is 19.1. The summed E-state index contributed by atoms with van der Waals surface area (Å²) < 4.78 is 25.9. The smallest absolute Gasteiger partial charge is 0.262 e. The lowest BCUT2D eigenvalue weighted by molar-refractivity contribution is -0.0344. The number of hydrogen-bond acceptors (Lipinski definition) is 8. The zero-order valence-corrected chi connectivity index (χ0v) is 28.1. The molecule has 2 fully saturated rings. The number of carbonyl (C=O) groups is 1. The third-order valence-corrected chi connectivity index (χ3v) is 9.20. The van der Waals surface area contributed by atoms with E-state index in [-0.39, 0.29) is 34.7 Å². The molecule has 4 rings (SSSR count). The topological polar surface area (TPSA) is 74.3 Å². The van der Waals surface area contributed by atoms with Crippen LogP contribution in [0.5, 0.6) is 11.6 Å². The van der Waals surface area contributed by atoms with Crippen molar-refractivity contribution in [2.75, 3.05) is 64.9 Å². The Morgan fingerprint density at radius 3 is 2.45 bits per heavy atom. The summed E-state index contributed by atoms with van der Waals surface area (Å²) in [6.45, 7) is 19.3. The Hall–Kier alpha value is -2.82. The Kier molecular flexibility index (Phi) is 11.6. The van der Waals surface area contributed by atoms with Crippen LogP contribution in [0.2, 0.25) is 0 Å². The fourth-order valence-corrected chi connectivity index (χ4v) is 7.01. The van der Waals surface area contributed by atoms with Crippen molar-refractivity contribution in [1.82, 2.24) is 24.9 Å². The number of nitrogens with zero attached hydrogens (tertiary/aromatic N) is 6. The fourth-order valence-electron chi connectivity index (χ4n) is 7.01. The van der Waals surface area contributed by atoms with Crippen LogP contribution in [0.1, 0.15) is 71.2 Å². The third kappa shape index (κ3) is 8.06. The minimum atomic E-state index is -0.485. The van der Waals surface area contributed by atoms with Crippen LogP contribution >= 0.6 is 0 Å². The lowest BCUT2D eigenvalue weighted by Gasteiger charge is -2.53. The molecule has 1 atom stereocenters.